The van der Waals surface area contributed by atoms with Crippen molar-refractivity contribution in [3.05, 3.63) is 0 Å². The second-order valence-corrected chi connectivity index (χ2v) is 0.105. The number of hydrogen-bond donors (Lipinski definition) is 2. The summed E-state index contributed by atoms with van der Waals surface area (Å²) in [7, 11) is 0. The molecule has 4 heteroatoms. The van der Waals surface area contributed by atoms with E-state index in [1.165, 1.54) is 0 Å². The Hall–Kier alpha value is -0.0505. The number of hydrogen-bond acceptors (Lipinski definition) is 2. The Labute approximate surface area is 40.4 Å². The normalized spacial score (nSPS) is 2.40. The zero-order valence-corrected chi connectivity index (χ0v) is 3.70. The van der Waals surface area contributed by atoms with Gasteiger partial charge in [-0.2, -0.15) is 0 Å². The molecule has 0 aromatic carbocycles. The molecule has 33 valence electrons. The molecule has 0 saturated carbocycles. The zero-order valence-electron chi connectivity index (χ0n) is 2.52. The Morgan fingerprint density at radius 3 is 1.60 bits per heavy atom. The van der Waals surface area contributed by atoms with Gasteiger partial charge in [0.15, 0.2) is 0 Å². The third-order valence-electron chi connectivity index (χ3n) is 0. The van der Waals surface area contributed by atoms with Crippen molar-refractivity contribution in [2.75, 3.05) is 0 Å². The Balaban J connectivity index is -0.0000000200. The van der Waals surface area contributed by atoms with E-state index >= 15 is 0 Å². The summed E-state index contributed by atoms with van der Waals surface area (Å²) in [6.45, 7) is -0.250. The fraction of sp³-hybridized carbons (Fsp3) is 0. The Kier molecular flexibility index (Phi) is 155. The monoisotopic (exact) mass is 118 g/mol. The fourth-order valence-corrected chi connectivity index (χ4v) is 0. The topological polar surface area (TPSA) is 72.3 Å². The first-order valence-corrected chi connectivity index (χ1v) is 0.494. The van der Waals surface area contributed by atoms with E-state index in [0.29, 0.717) is 0 Å². The summed E-state index contributed by atoms with van der Waals surface area (Å²) in [6, 6.07) is 0. The molecule has 0 saturated heterocycles. The van der Waals surface area contributed by atoms with Gasteiger partial charge in [0, 0.05) is 17.1 Å². The minimum absolute atomic E-state index is 0. The van der Waals surface area contributed by atoms with Crippen LogP contribution in [0.2, 0.25) is 0 Å². The van der Waals surface area contributed by atoms with E-state index in [2.05, 4.69) is 0 Å². The van der Waals surface area contributed by atoms with Crippen molar-refractivity contribution in [1.29, 1.82) is 0 Å². The molecule has 0 spiro atoms. The van der Waals surface area contributed by atoms with Crippen molar-refractivity contribution in [2.24, 2.45) is 0 Å². The molecule has 0 atom stereocenters. The Bertz CT molecular complexity index is 17.1. The van der Waals surface area contributed by atoms with E-state index in [1.807, 2.05) is 0 Å². The first-order valence-electron chi connectivity index (χ1n) is 0.494. The smallest absolute Gasteiger partial charge is 0.290 e. The van der Waals surface area contributed by atoms with Gasteiger partial charge in [-0.15, -0.1) is 0 Å². The quantitative estimate of drug-likeness (QED) is 0.343. The third kappa shape index (κ3) is 5880. The first-order chi connectivity index (χ1) is 1.41. The maximum absolute atomic E-state index is 8.36. The fourth-order valence-electron chi connectivity index (χ4n) is 0. The largest absolute Gasteiger partial charge is 0.483 e. The summed E-state index contributed by atoms with van der Waals surface area (Å²) in [5, 5.41) is 6.89. The van der Waals surface area contributed by atoms with Crippen molar-refractivity contribution in [3.63, 3.8) is 0 Å². The van der Waals surface area contributed by atoms with Crippen LogP contribution in [0.5, 0.6) is 0 Å². The molecule has 0 aliphatic carbocycles. The summed E-state index contributed by atoms with van der Waals surface area (Å²) >= 11 is 0. The van der Waals surface area contributed by atoms with Crippen LogP contribution in [0.4, 0.5) is 0 Å². The summed E-state index contributed by atoms with van der Waals surface area (Å²) in [5.41, 5.74) is 0. The van der Waals surface area contributed by atoms with Gasteiger partial charge in [-0.25, -0.2) is 0 Å². The molecule has 0 bridgehead atoms. The summed E-state index contributed by atoms with van der Waals surface area (Å²) in [6.07, 6.45) is 0. The molecule has 3 nitrogen and oxygen atoms in total. The van der Waals surface area contributed by atoms with Crippen LogP contribution >= 0.6 is 0 Å². The van der Waals surface area contributed by atoms with Crippen molar-refractivity contribution in [3.8, 4) is 0 Å². The van der Waals surface area contributed by atoms with Gasteiger partial charge in [0.05, 0.1) is 0 Å². The molecule has 0 fully saturated rings. The SMILES string of the molecule is N.O=CO.[Mn]. The number of carboxylic acid groups (broad SMARTS) is 1. The molecule has 0 rings (SSSR count). The Morgan fingerprint density at radius 1 is 1.60 bits per heavy atom. The van der Waals surface area contributed by atoms with Gasteiger partial charge in [-0.05, 0) is 0 Å². The van der Waals surface area contributed by atoms with E-state index in [1.54, 1.807) is 0 Å². The van der Waals surface area contributed by atoms with Gasteiger partial charge in [0.25, 0.3) is 6.47 Å². The standard InChI is InChI=1S/CH2O2.Mn.H3N/c2-1-3;;/h1H,(H,2,3);;1H3. The maximum atomic E-state index is 8.36. The summed E-state index contributed by atoms with van der Waals surface area (Å²) in [4.78, 5) is 8.36. The van der Waals surface area contributed by atoms with E-state index in [4.69, 9.17) is 9.90 Å². The third-order valence-corrected chi connectivity index (χ3v) is 0. The average molecular weight is 118 g/mol. The van der Waals surface area contributed by atoms with Crippen LogP contribution in [-0.2, 0) is 21.9 Å². The van der Waals surface area contributed by atoms with E-state index in [9.17, 15) is 0 Å². The van der Waals surface area contributed by atoms with Crippen molar-refractivity contribution >= 4 is 6.47 Å². The van der Waals surface area contributed by atoms with Crippen LogP contribution in [0.15, 0.2) is 0 Å². The van der Waals surface area contributed by atoms with Gasteiger partial charge >= 0.3 is 0 Å². The van der Waals surface area contributed by atoms with Gasteiger partial charge in [-0.1, -0.05) is 0 Å². The van der Waals surface area contributed by atoms with Crippen LogP contribution in [-0.4, -0.2) is 11.6 Å². The minimum atomic E-state index is -0.250. The first kappa shape index (κ1) is 20.3. The molecule has 0 aromatic rings. The van der Waals surface area contributed by atoms with Crippen LogP contribution in [0.1, 0.15) is 0 Å². The maximum Gasteiger partial charge on any atom is 0.290 e. The molecule has 1 radical (unpaired) electrons. The van der Waals surface area contributed by atoms with Crippen LogP contribution in [0, 0.1) is 0 Å². The van der Waals surface area contributed by atoms with Crippen LogP contribution < -0.4 is 6.15 Å². The second-order valence-electron chi connectivity index (χ2n) is 0.105. The van der Waals surface area contributed by atoms with Crippen molar-refractivity contribution < 1.29 is 27.0 Å². The molecule has 0 heterocycles. The molecular formula is CH5MnNO2. The van der Waals surface area contributed by atoms with Gasteiger partial charge in [0.1, 0.15) is 0 Å². The average Bonchev–Trinajstić information content (AvgIpc) is 0.918. The Morgan fingerprint density at radius 2 is 1.60 bits per heavy atom. The number of carbonyl (C=O) groups is 1. The molecule has 0 aliphatic heterocycles. The summed E-state index contributed by atoms with van der Waals surface area (Å²) in [5.74, 6) is 0. The molecule has 0 amide bonds. The molecule has 0 unspecified atom stereocenters. The van der Waals surface area contributed by atoms with Crippen LogP contribution in [0.3, 0.4) is 0 Å². The van der Waals surface area contributed by atoms with Crippen molar-refractivity contribution in [1.82, 2.24) is 6.15 Å². The predicted molar refractivity (Wildman–Crippen MR) is 13.7 cm³/mol. The molecule has 4 N–H and O–H groups in total. The van der Waals surface area contributed by atoms with Gasteiger partial charge in [0.2, 0.25) is 0 Å². The van der Waals surface area contributed by atoms with E-state index < -0.39 is 0 Å². The minimum Gasteiger partial charge on any atom is -0.483 e. The van der Waals surface area contributed by atoms with Crippen molar-refractivity contribution in [2.45, 2.75) is 0 Å². The number of rotatable bonds is 0. The van der Waals surface area contributed by atoms with Crippen LogP contribution in [0.25, 0.3) is 0 Å². The molecule has 0 aromatic heterocycles. The van der Waals surface area contributed by atoms with E-state index in [0.717, 1.165) is 0 Å². The summed E-state index contributed by atoms with van der Waals surface area (Å²) < 4.78 is 0. The zero-order chi connectivity index (χ0) is 2.71. The molecular weight excluding hydrogens is 113 g/mol. The predicted octanol–water partition coefficient (Wildman–Crippen LogP) is -0.140. The molecule has 5 heavy (non-hydrogen) atoms. The molecule has 0 aliphatic rings. The second kappa shape index (κ2) is 38.1. The van der Waals surface area contributed by atoms with E-state index in [-0.39, 0.29) is 29.7 Å². The van der Waals surface area contributed by atoms with Gasteiger partial charge < -0.3 is 11.3 Å². The van der Waals surface area contributed by atoms with Gasteiger partial charge in [-0.3, -0.25) is 4.79 Å².